The number of hydrogen-bond donors (Lipinski definition) is 2. The molecule has 6 nitrogen and oxygen atoms in total. The Labute approximate surface area is 126 Å². The predicted molar refractivity (Wildman–Crippen MR) is 78.3 cm³/mol. The van der Waals surface area contributed by atoms with E-state index in [9.17, 15) is 14.7 Å². The normalized spacial score (nSPS) is 23.7. The zero-order valence-corrected chi connectivity index (χ0v) is 13.5. The van der Waals surface area contributed by atoms with Gasteiger partial charge < -0.3 is 14.9 Å². The van der Waals surface area contributed by atoms with Gasteiger partial charge in [0.1, 0.15) is 0 Å². The fourth-order valence-electron chi connectivity index (χ4n) is 3.11. The van der Waals surface area contributed by atoms with Gasteiger partial charge in [-0.25, -0.2) is 4.79 Å². The third-order valence-electron chi connectivity index (χ3n) is 4.52. The number of carboxylic acid groups (broad SMARTS) is 2. The molecule has 0 aliphatic carbocycles. The summed E-state index contributed by atoms with van der Waals surface area (Å²) in [6, 6.07) is 0. The smallest absolute Gasteiger partial charge is 0.332 e. The molecule has 0 spiro atoms. The summed E-state index contributed by atoms with van der Waals surface area (Å²) < 4.78 is 5.73. The molecule has 0 radical (unpaired) electrons. The molecule has 122 valence electrons. The van der Waals surface area contributed by atoms with E-state index < -0.39 is 18.0 Å². The number of nitrogens with zero attached hydrogens (tertiary/aromatic N) is 1. The molecule has 2 N–H and O–H groups in total. The van der Waals surface area contributed by atoms with Crippen LogP contribution in [0.2, 0.25) is 0 Å². The number of likely N-dealkylation sites (tertiary alicyclic amines) is 1. The standard InChI is InChI=1S/C15H27NO5/c1-14(2)8-10(9-15(3,4)16(14)5)21-11(13(19)20)6-7-12(17)18/h10-11H,6-9H2,1-5H3,(H,17,18)(H,19,20). The molecule has 0 saturated carbocycles. The molecule has 0 amide bonds. The fraction of sp³-hybridized carbons (Fsp3) is 0.867. The molecule has 6 heteroatoms. The van der Waals surface area contributed by atoms with Crippen molar-refractivity contribution in [3.63, 3.8) is 0 Å². The number of rotatable bonds is 6. The lowest BCUT2D eigenvalue weighted by molar-refractivity contribution is -0.165. The summed E-state index contributed by atoms with van der Waals surface area (Å²) in [5, 5.41) is 17.9. The molecule has 1 saturated heterocycles. The minimum absolute atomic E-state index is 0.00212. The van der Waals surface area contributed by atoms with Gasteiger partial charge in [-0.3, -0.25) is 9.69 Å². The van der Waals surface area contributed by atoms with Gasteiger partial charge in [0, 0.05) is 17.5 Å². The molecular formula is C15H27NO5. The second-order valence-corrected chi connectivity index (χ2v) is 7.11. The van der Waals surface area contributed by atoms with Crippen LogP contribution >= 0.6 is 0 Å². The number of carboxylic acids is 2. The first kappa shape index (κ1) is 17.9. The Kier molecular flexibility index (Phi) is 5.39. The molecule has 1 aliphatic rings. The summed E-state index contributed by atoms with van der Waals surface area (Å²) in [5.74, 6) is -2.10. The molecule has 1 rings (SSSR count). The van der Waals surface area contributed by atoms with Crippen LogP contribution in [0.1, 0.15) is 53.4 Å². The number of aliphatic carboxylic acids is 2. The quantitative estimate of drug-likeness (QED) is 0.780. The van der Waals surface area contributed by atoms with Gasteiger partial charge in [0.25, 0.3) is 0 Å². The minimum atomic E-state index is -1.09. The van der Waals surface area contributed by atoms with E-state index in [1.807, 2.05) is 0 Å². The minimum Gasteiger partial charge on any atom is -0.481 e. The van der Waals surface area contributed by atoms with Crippen LogP contribution in [0.15, 0.2) is 0 Å². The van der Waals surface area contributed by atoms with Crippen molar-refractivity contribution in [2.45, 2.75) is 76.7 Å². The molecular weight excluding hydrogens is 274 g/mol. The number of piperidine rings is 1. The van der Waals surface area contributed by atoms with Crippen molar-refractivity contribution < 1.29 is 24.5 Å². The van der Waals surface area contributed by atoms with Crippen LogP contribution in [-0.2, 0) is 14.3 Å². The number of ether oxygens (including phenoxy) is 1. The first-order valence-electron chi connectivity index (χ1n) is 7.30. The second-order valence-electron chi connectivity index (χ2n) is 7.11. The van der Waals surface area contributed by atoms with E-state index in [4.69, 9.17) is 9.84 Å². The van der Waals surface area contributed by atoms with Crippen molar-refractivity contribution in [2.75, 3.05) is 7.05 Å². The fourth-order valence-corrected chi connectivity index (χ4v) is 3.11. The Balaban J connectivity index is 2.75. The van der Waals surface area contributed by atoms with Gasteiger partial charge in [-0.15, -0.1) is 0 Å². The van der Waals surface area contributed by atoms with Crippen LogP contribution in [0.25, 0.3) is 0 Å². The first-order chi connectivity index (χ1) is 9.45. The lowest BCUT2D eigenvalue weighted by Gasteiger charge is -2.53. The van der Waals surface area contributed by atoms with Gasteiger partial charge in [-0.2, -0.15) is 0 Å². The molecule has 0 aromatic heterocycles. The van der Waals surface area contributed by atoms with Gasteiger partial charge in [-0.1, -0.05) is 0 Å². The van der Waals surface area contributed by atoms with E-state index in [-0.39, 0.29) is 30.0 Å². The summed E-state index contributed by atoms with van der Waals surface area (Å²) in [6.07, 6.45) is 0.0177. The highest BCUT2D eigenvalue weighted by Gasteiger charge is 2.44. The maximum atomic E-state index is 11.2. The van der Waals surface area contributed by atoms with Crippen molar-refractivity contribution in [3.05, 3.63) is 0 Å². The lowest BCUT2D eigenvalue weighted by atomic mass is 9.78. The Bertz CT molecular complexity index is 387. The Morgan fingerprint density at radius 2 is 1.67 bits per heavy atom. The third-order valence-corrected chi connectivity index (χ3v) is 4.52. The summed E-state index contributed by atoms with van der Waals surface area (Å²) in [4.78, 5) is 24.1. The van der Waals surface area contributed by atoms with Gasteiger partial charge >= 0.3 is 11.9 Å². The van der Waals surface area contributed by atoms with Crippen molar-refractivity contribution in [2.24, 2.45) is 0 Å². The van der Waals surface area contributed by atoms with E-state index in [1.165, 1.54) is 0 Å². The summed E-state index contributed by atoms with van der Waals surface area (Å²) in [7, 11) is 2.06. The zero-order valence-electron chi connectivity index (χ0n) is 13.5. The maximum absolute atomic E-state index is 11.2. The van der Waals surface area contributed by atoms with E-state index in [1.54, 1.807) is 0 Å². The van der Waals surface area contributed by atoms with Crippen LogP contribution in [0, 0.1) is 0 Å². The SMILES string of the molecule is CN1C(C)(C)CC(OC(CCC(=O)O)C(=O)O)CC1(C)C. The van der Waals surface area contributed by atoms with Crippen molar-refractivity contribution in [3.8, 4) is 0 Å². The van der Waals surface area contributed by atoms with Crippen LogP contribution in [0.4, 0.5) is 0 Å². The highest BCUT2D eigenvalue weighted by atomic mass is 16.5. The van der Waals surface area contributed by atoms with Crippen LogP contribution in [0.5, 0.6) is 0 Å². The van der Waals surface area contributed by atoms with E-state index in [2.05, 4.69) is 39.6 Å². The molecule has 0 aromatic rings. The van der Waals surface area contributed by atoms with E-state index in [0.717, 1.165) is 12.8 Å². The van der Waals surface area contributed by atoms with E-state index >= 15 is 0 Å². The summed E-state index contributed by atoms with van der Waals surface area (Å²) in [5.41, 5.74) is -0.190. The Morgan fingerprint density at radius 3 is 2.05 bits per heavy atom. The molecule has 1 heterocycles. The Morgan fingerprint density at radius 1 is 1.19 bits per heavy atom. The third kappa shape index (κ3) is 4.68. The molecule has 0 bridgehead atoms. The lowest BCUT2D eigenvalue weighted by Crippen LogP contribution is -2.60. The molecule has 1 unspecified atom stereocenters. The van der Waals surface area contributed by atoms with Crippen molar-refractivity contribution in [1.29, 1.82) is 0 Å². The molecule has 1 atom stereocenters. The topological polar surface area (TPSA) is 87.1 Å². The van der Waals surface area contributed by atoms with Gasteiger partial charge in [0.15, 0.2) is 6.10 Å². The maximum Gasteiger partial charge on any atom is 0.332 e. The summed E-state index contributed by atoms with van der Waals surface area (Å²) in [6.45, 7) is 8.43. The van der Waals surface area contributed by atoms with Gasteiger partial charge in [0.05, 0.1) is 6.10 Å². The van der Waals surface area contributed by atoms with Gasteiger partial charge in [-0.05, 0) is 54.0 Å². The average molecular weight is 301 g/mol. The highest BCUT2D eigenvalue weighted by molar-refractivity contribution is 5.74. The van der Waals surface area contributed by atoms with Crippen LogP contribution in [-0.4, -0.2) is 57.4 Å². The van der Waals surface area contributed by atoms with Gasteiger partial charge in [0.2, 0.25) is 0 Å². The molecule has 1 aliphatic heterocycles. The monoisotopic (exact) mass is 301 g/mol. The largest absolute Gasteiger partial charge is 0.481 e. The van der Waals surface area contributed by atoms with Crippen molar-refractivity contribution in [1.82, 2.24) is 4.90 Å². The average Bonchev–Trinajstić information content (AvgIpc) is 2.30. The predicted octanol–water partition coefficient (Wildman–Crippen LogP) is 1.97. The number of carbonyl (C=O) groups is 2. The second kappa shape index (κ2) is 6.32. The highest BCUT2D eigenvalue weighted by Crippen LogP contribution is 2.38. The van der Waals surface area contributed by atoms with Crippen LogP contribution in [0.3, 0.4) is 0 Å². The number of hydrogen-bond acceptors (Lipinski definition) is 4. The van der Waals surface area contributed by atoms with Crippen molar-refractivity contribution >= 4 is 11.9 Å². The Hall–Kier alpha value is -1.14. The van der Waals surface area contributed by atoms with E-state index in [0.29, 0.717) is 0 Å². The first-order valence-corrected chi connectivity index (χ1v) is 7.30. The molecule has 0 aromatic carbocycles. The molecule has 1 fully saturated rings. The zero-order chi connectivity index (χ0) is 16.4. The molecule has 21 heavy (non-hydrogen) atoms. The van der Waals surface area contributed by atoms with Crippen LogP contribution < -0.4 is 0 Å². The summed E-state index contributed by atoms with van der Waals surface area (Å²) >= 11 is 0.